The molecule has 1 saturated heterocycles. The van der Waals surface area contributed by atoms with E-state index in [0.29, 0.717) is 0 Å². The third-order valence-corrected chi connectivity index (χ3v) is 3.42. The van der Waals surface area contributed by atoms with Gasteiger partial charge in [-0.25, -0.2) is 20.9 Å². The second kappa shape index (κ2) is 10.6. The van der Waals surface area contributed by atoms with Gasteiger partial charge in [0.05, 0.1) is 12.8 Å². The first-order valence-electron chi connectivity index (χ1n) is 7.60. The molecule has 1 heterocycles. The molecule has 0 aromatic heterocycles. The van der Waals surface area contributed by atoms with Crippen LogP contribution in [0.15, 0.2) is 0 Å². The summed E-state index contributed by atoms with van der Waals surface area (Å²) >= 11 is 0. The first kappa shape index (κ1) is 22.6. The molecule has 1 rings (SSSR count). The highest BCUT2D eigenvalue weighted by Gasteiger charge is 2.46. The molecular formula is C12H22N2O12. The molecule has 0 aromatic rings. The largest absolute Gasteiger partial charge is 0.600 e. The molecule has 0 amide bonds. The van der Waals surface area contributed by atoms with Gasteiger partial charge in [0.2, 0.25) is 0 Å². The average Bonchev–Trinajstić information content (AvgIpc) is 2.56. The van der Waals surface area contributed by atoms with Crippen molar-refractivity contribution in [1.82, 2.24) is 0 Å². The van der Waals surface area contributed by atoms with Crippen LogP contribution < -0.4 is 10.5 Å². The van der Waals surface area contributed by atoms with Crippen LogP contribution in [-0.2, 0) is 23.8 Å². The molecular weight excluding hydrogens is 364 g/mol. The minimum atomic E-state index is -1.86. The number of aliphatic hydroxyl groups excluding tert-OH is 3. The zero-order valence-electron chi connectivity index (χ0n) is 13.5. The summed E-state index contributed by atoms with van der Waals surface area (Å²) in [5.41, 5.74) is 0. The summed E-state index contributed by atoms with van der Waals surface area (Å²) < 4.78 is 14.4. The van der Waals surface area contributed by atoms with Crippen LogP contribution in [0, 0.1) is 10.4 Å². The molecule has 7 N–H and O–H groups in total. The fourth-order valence-electron chi connectivity index (χ4n) is 2.06. The smallest absolute Gasteiger partial charge is 0.312 e. The van der Waals surface area contributed by atoms with E-state index >= 15 is 0 Å². The summed E-state index contributed by atoms with van der Waals surface area (Å²) in [7, 11) is 0. The monoisotopic (exact) mass is 386 g/mol. The lowest BCUT2D eigenvalue weighted by atomic mass is 9.99. The first-order chi connectivity index (χ1) is 12.1. The number of hydroxylamine groups is 4. The van der Waals surface area contributed by atoms with E-state index in [-0.39, 0.29) is 0 Å². The molecule has 0 saturated carbocycles. The number of aliphatic hydroxyl groups is 3. The maximum absolute atomic E-state index is 11.5. The highest BCUT2D eigenvalue weighted by atomic mass is 16.8. The molecule has 0 radical (unpaired) electrons. The van der Waals surface area contributed by atoms with Crippen LogP contribution in [0.4, 0.5) is 0 Å². The number of hydrogen-bond donors (Lipinski definition) is 7. The third kappa shape index (κ3) is 7.42. The van der Waals surface area contributed by atoms with Gasteiger partial charge in [0, 0.05) is 0 Å². The summed E-state index contributed by atoms with van der Waals surface area (Å²) in [5.74, 6) is -1.90. The number of ether oxygens (including phenoxy) is 3. The van der Waals surface area contributed by atoms with Crippen molar-refractivity contribution in [2.24, 2.45) is 0 Å². The van der Waals surface area contributed by atoms with Crippen molar-refractivity contribution in [3.63, 3.8) is 0 Å². The van der Waals surface area contributed by atoms with Crippen LogP contribution in [0.2, 0.25) is 0 Å². The molecule has 0 bridgehead atoms. The van der Waals surface area contributed by atoms with Crippen molar-refractivity contribution in [2.75, 3.05) is 19.7 Å². The Morgan fingerprint density at radius 1 is 0.962 bits per heavy atom. The Morgan fingerprint density at radius 2 is 1.50 bits per heavy atom. The van der Waals surface area contributed by atoms with E-state index in [9.17, 15) is 35.3 Å². The molecule has 0 aliphatic carbocycles. The second-order valence-electron chi connectivity index (χ2n) is 5.47. The number of carbonyl (C=O) groups is 2. The van der Waals surface area contributed by atoms with Crippen LogP contribution >= 0.6 is 0 Å². The number of rotatable bonds is 9. The molecule has 2 unspecified atom stereocenters. The molecule has 0 spiro atoms. The minimum absolute atomic E-state index is 0.410. The maximum Gasteiger partial charge on any atom is 0.312 e. The molecule has 14 heteroatoms. The van der Waals surface area contributed by atoms with Crippen LogP contribution in [0.5, 0.6) is 0 Å². The molecule has 7 atom stereocenters. The Bertz CT molecular complexity index is 459. The van der Waals surface area contributed by atoms with Crippen molar-refractivity contribution in [3.05, 3.63) is 10.4 Å². The molecule has 1 aliphatic heterocycles. The highest BCUT2D eigenvalue weighted by molar-refractivity contribution is 5.70. The van der Waals surface area contributed by atoms with Gasteiger partial charge in [-0.3, -0.25) is 9.59 Å². The van der Waals surface area contributed by atoms with E-state index in [2.05, 4.69) is 0 Å². The van der Waals surface area contributed by atoms with Crippen LogP contribution in [-0.4, -0.2) is 88.1 Å². The fraction of sp³-hybridized carbons (Fsp3) is 0.833. The van der Waals surface area contributed by atoms with Gasteiger partial charge in [-0.15, -0.1) is 0 Å². The van der Waals surface area contributed by atoms with Gasteiger partial charge in [-0.1, -0.05) is 0 Å². The Kier molecular flexibility index (Phi) is 9.23. The molecule has 0 aromatic carbocycles. The number of esters is 2. The van der Waals surface area contributed by atoms with Crippen molar-refractivity contribution in [2.45, 2.75) is 43.5 Å². The van der Waals surface area contributed by atoms with E-state index in [0.717, 1.165) is 0 Å². The van der Waals surface area contributed by atoms with Crippen LogP contribution in [0.3, 0.4) is 0 Å². The number of carbonyl (C=O) groups excluding carboxylic acids is 2. The zero-order chi connectivity index (χ0) is 19.9. The quantitative estimate of drug-likeness (QED) is 0.146. The van der Waals surface area contributed by atoms with Gasteiger partial charge in [0.25, 0.3) is 0 Å². The van der Waals surface area contributed by atoms with Crippen molar-refractivity contribution in [1.29, 1.82) is 0 Å². The molecule has 152 valence electrons. The minimum Gasteiger partial charge on any atom is -0.600 e. The van der Waals surface area contributed by atoms with Gasteiger partial charge in [0.1, 0.15) is 38.0 Å². The SMILES string of the molecule is O=C(CC[NH+]([O-])O)OC[C@H]1O[C@H](O)[C@H](OC(=O)CC[NH+]([O-])O)[C@@H](O)[C@@H]1O. The summed E-state index contributed by atoms with van der Waals surface area (Å²) in [5, 5.41) is 64.9. The zero-order valence-corrected chi connectivity index (χ0v) is 13.5. The molecule has 1 fully saturated rings. The second-order valence-corrected chi connectivity index (χ2v) is 5.47. The summed E-state index contributed by atoms with van der Waals surface area (Å²) in [6.45, 7) is -1.55. The Labute approximate surface area is 146 Å². The molecule has 1 aliphatic rings. The lowest BCUT2D eigenvalue weighted by Gasteiger charge is -2.39. The predicted molar refractivity (Wildman–Crippen MR) is 74.9 cm³/mol. The van der Waals surface area contributed by atoms with Gasteiger partial charge < -0.3 is 39.9 Å². The predicted octanol–water partition coefficient (Wildman–Crippen LogP) is -5.80. The van der Waals surface area contributed by atoms with E-state index in [4.69, 9.17) is 24.6 Å². The molecule has 14 nitrogen and oxygen atoms in total. The first-order valence-corrected chi connectivity index (χ1v) is 7.60. The van der Waals surface area contributed by atoms with E-state index < -0.39 is 85.6 Å². The van der Waals surface area contributed by atoms with Crippen LogP contribution in [0.1, 0.15) is 12.8 Å². The number of hydrogen-bond acceptors (Lipinski definition) is 12. The van der Waals surface area contributed by atoms with E-state index in [1.54, 1.807) is 0 Å². The lowest BCUT2D eigenvalue weighted by Crippen LogP contribution is -3.04. The van der Waals surface area contributed by atoms with Crippen molar-refractivity contribution >= 4 is 11.9 Å². The number of nitrogens with one attached hydrogen (secondary N) is 2. The standard InChI is InChI=1S/C12H22N2O12/c15-7(1-3-13(20)21)24-5-6-9(17)10(18)11(12(19)25-6)26-8(16)2-4-14(22)23/h6,9-14,17-20,22H,1-5H2/t6-,9-,10+,11-,12+/m1/s1. The summed E-state index contributed by atoms with van der Waals surface area (Å²) in [6, 6.07) is 0. The van der Waals surface area contributed by atoms with Crippen molar-refractivity contribution in [3.8, 4) is 0 Å². The van der Waals surface area contributed by atoms with Gasteiger partial charge in [0.15, 0.2) is 12.4 Å². The van der Waals surface area contributed by atoms with Crippen molar-refractivity contribution < 1.29 is 60.0 Å². The van der Waals surface area contributed by atoms with Gasteiger partial charge >= 0.3 is 11.9 Å². The lowest BCUT2D eigenvalue weighted by molar-refractivity contribution is -1.05. The topological polar surface area (TPSA) is 218 Å². The van der Waals surface area contributed by atoms with E-state index in [1.165, 1.54) is 0 Å². The summed E-state index contributed by atoms with van der Waals surface area (Å²) in [6.07, 6.45) is -9.25. The Balaban J connectivity index is 2.49. The average molecular weight is 386 g/mol. The Hall–Kier alpha value is -1.46. The highest BCUT2D eigenvalue weighted by Crippen LogP contribution is 2.23. The molecule has 26 heavy (non-hydrogen) atoms. The normalized spacial score (nSPS) is 31.1. The Morgan fingerprint density at radius 3 is 2.04 bits per heavy atom. The van der Waals surface area contributed by atoms with E-state index in [1.807, 2.05) is 0 Å². The maximum atomic E-state index is 11.5. The van der Waals surface area contributed by atoms with Gasteiger partial charge in [-0.05, 0) is 0 Å². The number of quaternary nitrogens is 2. The van der Waals surface area contributed by atoms with Crippen LogP contribution in [0.25, 0.3) is 0 Å². The third-order valence-electron chi connectivity index (χ3n) is 3.42. The fourth-order valence-corrected chi connectivity index (χ4v) is 2.06. The van der Waals surface area contributed by atoms with Gasteiger partial charge in [-0.2, -0.15) is 0 Å². The summed E-state index contributed by atoms with van der Waals surface area (Å²) in [4.78, 5) is 22.8.